The molecule has 0 bridgehead atoms. The van der Waals surface area contributed by atoms with Gasteiger partial charge in [0, 0.05) is 6.54 Å². The molecule has 0 amide bonds. The number of nitrogens with one attached hydrogen (secondary N) is 1. The van der Waals surface area contributed by atoms with Gasteiger partial charge >= 0.3 is 5.97 Å². The van der Waals surface area contributed by atoms with Crippen molar-refractivity contribution in [1.82, 2.24) is 5.32 Å². The second-order valence-electron chi connectivity index (χ2n) is 5.72. The van der Waals surface area contributed by atoms with E-state index in [0.717, 1.165) is 31.6 Å². The Kier molecular flexibility index (Phi) is 6.09. The SMILES string of the molecule is CCC1CCC(O)(CNCC(=O)OC(C)C)CC1. The predicted octanol–water partition coefficient (Wildman–Crippen LogP) is 1.86. The van der Waals surface area contributed by atoms with Crippen molar-refractivity contribution in [3.63, 3.8) is 0 Å². The zero-order valence-electron chi connectivity index (χ0n) is 11.9. The number of rotatable bonds is 6. The Hall–Kier alpha value is -0.610. The number of hydrogen-bond donors (Lipinski definition) is 2. The van der Waals surface area contributed by atoms with E-state index in [0.29, 0.717) is 6.54 Å². The van der Waals surface area contributed by atoms with E-state index >= 15 is 0 Å². The molecule has 0 aliphatic heterocycles. The maximum atomic E-state index is 11.3. The van der Waals surface area contributed by atoms with Crippen molar-refractivity contribution in [2.75, 3.05) is 13.1 Å². The van der Waals surface area contributed by atoms with Crippen molar-refractivity contribution in [1.29, 1.82) is 0 Å². The molecule has 1 aliphatic carbocycles. The highest BCUT2D eigenvalue weighted by atomic mass is 16.5. The van der Waals surface area contributed by atoms with Gasteiger partial charge in [0.1, 0.15) is 0 Å². The lowest BCUT2D eigenvalue weighted by Gasteiger charge is -2.35. The Labute approximate surface area is 110 Å². The third-order valence-corrected chi connectivity index (χ3v) is 3.70. The van der Waals surface area contributed by atoms with Gasteiger partial charge in [0.25, 0.3) is 0 Å². The molecule has 0 aromatic heterocycles. The summed E-state index contributed by atoms with van der Waals surface area (Å²) in [5.41, 5.74) is -0.635. The van der Waals surface area contributed by atoms with E-state index in [-0.39, 0.29) is 18.6 Å². The summed E-state index contributed by atoms with van der Waals surface area (Å²) in [6.07, 6.45) is 4.96. The summed E-state index contributed by atoms with van der Waals surface area (Å²) in [6.45, 7) is 6.53. The van der Waals surface area contributed by atoms with Crippen LogP contribution in [0.15, 0.2) is 0 Å². The number of esters is 1. The molecule has 0 spiro atoms. The Morgan fingerprint density at radius 3 is 2.56 bits per heavy atom. The number of ether oxygens (including phenoxy) is 1. The average molecular weight is 257 g/mol. The molecule has 2 N–H and O–H groups in total. The molecule has 1 aliphatic rings. The fraction of sp³-hybridized carbons (Fsp3) is 0.929. The summed E-state index contributed by atoms with van der Waals surface area (Å²) in [7, 11) is 0. The molecule has 4 nitrogen and oxygen atoms in total. The molecule has 0 saturated heterocycles. The van der Waals surface area contributed by atoms with Crippen LogP contribution in [0.25, 0.3) is 0 Å². The second kappa shape index (κ2) is 7.10. The van der Waals surface area contributed by atoms with Crippen LogP contribution < -0.4 is 5.32 Å². The van der Waals surface area contributed by atoms with E-state index < -0.39 is 5.60 Å². The molecule has 1 rings (SSSR count). The monoisotopic (exact) mass is 257 g/mol. The van der Waals surface area contributed by atoms with Gasteiger partial charge in [0.15, 0.2) is 0 Å². The summed E-state index contributed by atoms with van der Waals surface area (Å²) in [6, 6.07) is 0. The van der Waals surface area contributed by atoms with Gasteiger partial charge in [0.05, 0.1) is 18.2 Å². The minimum absolute atomic E-state index is 0.0811. The smallest absolute Gasteiger partial charge is 0.320 e. The molecule has 0 unspecified atom stereocenters. The van der Waals surface area contributed by atoms with Crippen molar-refractivity contribution < 1.29 is 14.6 Å². The van der Waals surface area contributed by atoms with Crippen molar-refractivity contribution in [3.05, 3.63) is 0 Å². The molecule has 106 valence electrons. The normalized spacial score (nSPS) is 28.4. The largest absolute Gasteiger partial charge is 0.462 e. The Bertz CT molecular complexity index is 258. The van der Waals surface area contributed by atoms with Crippen molar-refractivity contribution in [2.45, 2.75) is 64.6 Å². The summed E-state index contributed by atoms with van der Waals surface area (Å²) in [5, 5.41) is 13.4. The zero-order chi connectivity index (χ0) is 13.6. The summed E-state index contributed by atoms with van der Waals surface area (Å²) in [4.78, 5) is 11.3. The molecular weight excluding hydrogens is 230 g/mol. The van der Waals surface area contributed by atoms with Crippen LogP contribution in [-0.2, 0) is 9.53 Å². The molecule has 1 fully saturated rings. The van der Waals surface area contributed by atoms with Gasteiger partial charge < -0.3 is 15.2 Å². The molecule has 18 heavy (non-hydrogen) atoms. The first-order chi connectivity index (χ1) is 8.45. The quantitative estimate of drug-likeness (QED) is 0.713. The first kappa shape index (κ1) is 15.4. The lowest BCUT2D eigenvalue weighted by molar-refractivity contribution is -0.146. The first-order valence-corrected chi connectivity index (χ1v) is 7.08. The molecule has 1 saturated carbocycles. The van der Waals surface area contributed by atoms with Crippen LogP contribution in [0.2, 0.25) is 0 Å². The van der Waals surface area contributed by atoms with Crippen molar-refractivity contribution in [3.8, 4) is 0 Å². The van der Waals surface area contributed by atoms with Gasteiger partial charge in [-0.05, 0) is 45.4 Å². The Balaban J connectivity index is 2.20. The minimum atomic E-state index is -0.635. The maximum Gasteiger partial charge on any atom is 0.320 e. The molecule has 0 aromatic carbocycles. The van der Waals surface area contributed by atoms with Gasteiger partial charge in [-0.15, -0.1) is 0 Å². The fourth-order valence-corrected chi connectivity index (χ4v) is 2.50. The van der Waals surface area contributed by atoms with Crippen LogP contribution in [-0.4, -0.2) is 35.9 Å². The fourth-order valence-electron chi connectivity index (χ4n) is 2.50. The molecule has 0 heterocycles. The summed E-state index contributed by atoms with van der Waals surface area (Å²) in [5.74, 6) is 0.507. The van der Waals surface area contributed by atoms with Crippen molar-refractivity contribution >= 4 is 5.97 Å². The van der Waals surface area contributed by atoms with E-state index in [2.05, 4.69) is 12.2 Å². The van der Waals surface area contributed by atoms with E-state index in [9.17, 15) is 9.90 Å². The summed E-state index contributed by atoms with van der Waals surface area (Å²) < 4.78 is 5.02. The van der Waals surface area contributed by atoms with Crippen LogP contribution in [0.3, 0.4) is 0 Å². The maximum absolute atomic E-state index is 11.3. The van der Waals surface area contributed by atoms with Gasteiger partial charge in [-0.2, -0.15) is 0 Å². The van der Waals surface area contributed by atoms with Gasteiger partial charge in [-0.25, -0.2) is 0 Å². The van der Waals surface area contributed by atoms with Gasteiger partial charge in [-0.1, -0.05) is 13.3 Å². The predicted molar refractivity (Wildman–Crippen MR) is 71.3 cm³/mol. The first-order valence-electron chi connectivity index (χ1n) is 7.08. The average Bonchev–Trinajstić information content (AvgIpc) is 2.29. The number of carbonyl (C=O) groups excluding carboxylic acids is 1. The van der Waals surface area contributed by atoms with E-state index in [1.54, 1.807) is 0 Å². The highest BCUT2D eigenvalue weighted by Gasteiger charge is 2.32. The molecular formula is C14H27NO3. The van der Waals surface area contributed by atoms with E-state index in [4.69, 9.17) is 4.74 Å². The molecule has 0 atom stereocenters. The second-order valence-corrected chi connectivity index (χ2v) is 5.72. The highest BCUT2D eigenvalue weighted by Crippen LogP contribution is 2.33. The molecule has 4 heteroatoms. The Morgan fingerprint density at radius 2 is 2.06 bits per heavy atom. The van der Waals surface area contributed by atoms with Crippen LogP contribution in [0.1, 0.15) is 52.9 Å². The molecule has 0 aromatic rings. The minimum Gasteiger partial charge on any atom is -0.462 e. The Morgan fingerprint density at radius 1 is 1.44 bits per heavy atom. The van der Waals surface area contributed by atoms with E-state index in [1.165, 1.54) is 6.42 Å². The number of carbonyl (C=O) groups is 1. The van der Waals surface area contributed by atoms with Crippen molar-refractivity contribution in [2.24, 2.45) is 5.92 Å². The zero-order valence-corrected chi connectivity index (χ0v) is 11.9. The lowest BCUT2D eigenvalue weighted by Crippen LogP contribution is -2.45. The summed E-state index contributed by atoms with van der Waals surface area (Å²) >= 11 is 0. The van der Waals surface area contributed by atoms with Crippen LogP contribution in [0.4, 0.5) is 0 Å². The lowest BCUT2D eigenvalue weighted by atomic mass is 9.78. The van der Waals surface area contributed by atoms with Gasteiger partial charge in [0.2, 0.25) is 0 Å². The standard InChI is InChI=1S/C14H27NO3/c1-4-12-5-7-14(17,8-6-12)10-15-9-13(16)18-11(2)3/h11-12,15,17H,4-10H2,1-3H3. The van der Waals surface area contributed by atoms with Crippen LogP contribution in [0, 0.1) is 5.92 Å². The molecule has 0 radical (unpaired) electrons. The third kappa shape index (κ3) is 5.36. The third-order valence-electron chi connectivity index (χ3n) is 3.70. The topological polar surface area (TPSA) is 58.6 Å². The van der Waals surface area contributed by atoms with E-state index in [1.807, 2.05) is 13.8 Å². The van der Waals surface area contributed by atoms with Crippen LogP contribution >= 0.6 is 0 Å². The van der Waals surface area contributed by atoms with Gasteiger partial charge in [-0.3, -0.25) is 4.79 Å². The highest BCUT2D eigenvalue weighted by molar-refractivity contribution is 5.71. The number of hydrogen-bond acceptors (Lipinski definition) is 4. The van der Waals surface area contributed by atoms with Crippen LogP contribution in [0.5, 0.6) is 0 Å². The number of aliphatic hydroxyl groups is 1.